The highest BCUT2D eigenvalue weighted by Crippen LogP contribution is 2.28. The molecule has 2 aromatic rings. The van der Waals surface area contributed by atoms with E-state index < -0.39 is 0 Å². The zero-order valence-electron chi connectivity index (χ0n) is 13.0. The molecule has 0 fully saturated rings. The van der Waals surface area contributed by atoms with Gasteiger partial charge in [0.25, 0.3) is 0 Å². The summed E-state index contributed by atoms with van der Waals surface area (Å²) in [6.07, 6.45) is 0.384. The molecule has 0 heterocycles. The molecule has 1 amide bonds. The summed E-state index contributed by atoms with van der Waals surface area (Å²) < 4.78 is 10.4. The summed E-state index contributed by atoms with van der Waals surface area (Å²) in [7, 11) is 3.14. The summed E-state index contributed by atoms with van der Waals surface area (Å²) in [6, 6.07) is 12.8. The first kappa shape index (κ1) is 17.5. The lowest BCUT2D eigenvalue weighted by molar-refractivity contribution is -0.115. The van der Waals surface area contributed by atoms with E-state index in [1.54, 1.807) is 44.2 Å². The molecule has 23 heavy (non-hydrogen) atoms. The van der Waals surface area contributed by atoms with Crippen molar-refractivity contribution in [3.8, 4) is 11.5 Å². The summed E-state index contributed by atoms with van der Waals surface area (Å²) >= 11 is 7.65. The number of ether oxygens (including phenoxy) is 2. The minimum absolute atomic E-state index is 0.0696. The van der Waals surface area contributed by atoms with Crippen LogP contribution in [-0.2, 0) is 4.79 Å². The van der Waals surface area contributed by atoms with Crippen molar-refractivity contribution >= 4 is 35.0 Å². The van der Waals surface area contributed by atoms with E-state index in [2.05, 4.69) is 5.32 Å². The standard InChI is InChI=1S/C17H18ClNO3S/c1-21-13-9-12(10-14(11-13)22-2)19-17(20)7-8-23-16-6-4-3-5-15(16)18/h3-6,9-11H,7-8H2,1-2H3,(H,19,20). The quantitative estimate of drug-likeness (QED) is 0.747. The fraction of sp³-hybridized carbons (Fsp3) is 0.235. The molecule has 122 valence electrons. The molecule has 2 aromatic carbocycles. The van der Waals surface area contributed by atoms with Crippen molar-refractivity contribution in [2.24, 2.45) is 0 Å². The lowest BCUT2D eigenvalue weighted by atomic mass is 10.2. The third-order valence-electron chi connectivity index (χ3n) is 3.06. The van der Waals surface area contributed by atoms with Crippen LogP contribution in [0.1, 0.15) is 6.42 Å². The highest BCUT2D eigenvalue weighted by Gasteiger charge is 2.07. The lowest BCUT2D eigenvalue weighted by Crippen LogP contribution is -2.12. The molecule has 0 aliphatic rings. The average Bonchev–Trinajstić information content (AvgIpc) is 2.56. The van der Waals surface area contributed by atoms with Crippen molar-refractivity contribution in [2.45, 2.75) is 11.3 Å². The van der Waals surface area contributed by atoms with Crippen LogP contribution in [0.25, 0.3) is 0 Å². The second-order valence-corrected chi connectivity index (χ2v) is 6.22. The topological polar surface area (TPSA) is 47.6 Å². The van der Waals surface area contributed by atoms with Crippen molar-refractivity contribution < 1.29 is 14.3 Å². The number of carbonyl (C=O) groups is 1. The molecule has 2 rings (SSSR count). The fourth-order valence-corrected chi connectivity index (χ4v) is 3.11. The molecule has 0 aliphatic carbocycles. The van der Waals surface area contributed by atoms with Gasteiger partial charge in [0.2, 0.25) is 5.91 Å². The number of methoxy groups -OCH3 is 2. The Morgan fingerprint density at radius 1 is 1.13 bits per heavy atom. The number of benzene rings is 2. The van der Waals surface area contributed by atoms with Gasteiger partial charge in [0.15, 0.2) is 0 Å². The molecule has 0 aromatic heterocycles. The largest absolute Gasteiger partial charge is 0.497 e. The van der Waals surface area contributed by atoms with E-state index in [1.165, 1.54) is 0 Å². The first-order chi connectivity index (χ1) is 11.1. The zero-order chi connectivity index (χ0) is 16.7. The Morgan fingerprint density at radius 2 is 1.78 bits per heavy atom. The molecule has 6 heteroatoms. The highest BCUT2D eigenvalue weighted by atomic mass is 35.5. The van der Waals surface area contributed by atoms with E-state index in [0.717, 1.165) is 4.90 Å². The van der Waals surface area contributed by atoms with Crippen LogP contribution in [0.15, 0.2) is 47.4 Å². The second kappa shape index (κ2) is 8.70. The molecule has 0 saturated carbocycles. The first-order valence-corrected chi connectivity index (χ1v) is 8.39. The monoisotopic (exact) mass is 351 g/mol. The molecule has 1 N–H and O–H groups in total. The van der Waals surface area contributed by atoms with Gasteiger partial charge in [-0.1, -0.05) is 23.7 Å². The Balaban J connectivity index is 1.88. The number of thioether (sulfide) groups is 1. The molecule has 0 saturated heterocycles. The van der Waals surface area contributed by atoms with E-state index in [0.29, 0.717) is 34.4 Å². The number of nitrogens with one attached hydrogen (secondary N) is 1. The molecular weight excluding hydrogens is 334 g/mol. The third kappa shape index (κ3) is 5.37. The lowest BCUT2D eigenvalue weighted by Gasteiger charge is -2.10. The van der Waals surface area contributed by atoms with Crippen molar-refractivity contribution in [3.05, 3.63) is 47.5 Å². The van der Waals surface area contributed by atoms with E-state index >= 15 is 0 Å². The molecule has 0 bridgehead atoms. The van der Waals surface area contributed by atoms with Crippen LogP contribution in [0.4, 0.5) is 5.69 Å². The van der Waals surface area contributed by atoms with Gasteiger partial charge < -0.3 is 14.8 Å². The predicted molar refractivity (Wildman–Crippen MR) is 95.0 cm³/mol. The number of amides is 1. The highest BCUT2D eigenvalue weighted by molar-refractivity contribution is 7.99. The van der Waals surface area contributed by atoms with Crippen molar-refractivity contribution in [3.63, 3.8) is 0 Å². The zero-order valence-corrected chi connectivity index (χ0v) is 14.5. The maximum atomic E-state index is 12.0. The van der Waals surface area contributed by atoms with Gasteiger partial charge in [-0.05, 0) is 12.1 Å². The van der Waals surface area contributed by atoms with Crippen molar-refractivity contribution in [2.75, 3.05) is 25.3 Å². The van der Waals surface area contributed by atoms with E-state index in [4.69, 9.17) is 21.1 Å². The Morgan fingerprint density at radius 3 is 2.39 bits per heavy atom. The summed E-state index contributed by atoms with van der Waals surface area (Å²) in [5.41, 5.74) is 0.647. The van der Waals surface area contributed by atoms with Crippen LogP contribution in [0.5, 0.6) is 11.5 Å². The number of anilines is 1. The molecule has 4 nitrogen and oxygen atoms in total. The third-order valence-corrected chi connectivity index (χ3v) is 4.58. The first-order valence-electron chi connectivity index (χ1n) is 7.02. The number of halogens is 1. The van der Waals surface area contributed by atoms with Crippen molar-refractivity contribution in [1.82, 2.24) is 0 Å². The van der Waals surface area contributed by atoms with Gasteiger partial charge in [0.1, 0.15) is 11.5 Å². The summed E-state index contributed by atoms with van der Waals surface area (Å²) in [5, 5.41) is 3.55. The van der Waals surface area contributed by atoms with Crippen molar-refractivity contribution in [1.29, 1.82) is 0 Å². The van der Waals surface area contributed by atoms with E-state index in [9.17, 15) is 4.79 Å². The molecule has 0 radical (unpaired) electrons. The molecule has 0 spiro atoms. The van der Waals surface area contributed by atoms with Gasteiger partial charge in [0, 0.05) is 41.0 Å². The van der Waals surface area contributed by atoms with Gasteiger partial charge >= 0.3 is 0 Å². The summed E-state index contributed by atoms with van der Waals surface area (Å²) in [5.74, 6) is 1.84. The smallest absolute Gasteiger partial charge is 0.225 e. The maximum absolute atomic E-state index is 12.0. The average molecular weight is 352 g/mol. The number of hydrogen-bond donors (Lipinski definition) is 1. The second-order valence-electron chi connectivity index (χ2n) is 4.68. The fourth-order valence-electron chi connectivity index (χ4n) is 1.92. The SMILES string of the molecule is COc1cc(NC(=O)CCSc2ccccc2Cl)cc(OC)c1. The predicted octanol–water partition coefficient (Wildman–Crippen LogP) is 4.48. The van der Waals surface area contributed by atoms with E-state index in [-0.39, 0.29) is 5.91 Å². The van der Waals surface area contributed by atoms with Crippen LogP contribution in [0.3, 0.4) is 0 Å². The van der Waals surface area contributed by atoms with Crippen LogP contribution >= 0.6 is 23.4 Å². The molecule has 0 aliphatic heterocycles. The molecule has 0 atom stereocenters. The maximum Gasteiger partial charge on any atom is 0.225 e. The minimum atomic E-state index is -0.0696. The molecule has 0 unspecified atom stereocenters. The van der Waals surface area contributed by atoms with Crippen LogP contribution in [0, 0.1) is 0 Å². The van der Waals surface area contributed by atoms with Gasteiger partial charge in [-0.15, -0.1) is 11.8 Å². The number of carbonyl (C=O) groups excluding carboxylic acids is 1. The van der Waals surface area contributed by atoms with Crippen LogP contribution < -0.4 is 14.8 Å². The van der Waals surface area contributed by atoms with Crippen LogP contribution in [0.2, 0.25) is 5.02 Å². The Hall–Kier alpha value is -1.85. The van der Waals surface area contributed by atoms with Gasteiger partial charge in [-0.2, -0.15) is 0 Å². The van der Waals surface area contributed by atoms with Gasteiger partial charge in [-0.25, -0.2) is 0 Å². The Kier molecular flexibility index (Phi) is 6.62. The number of hydrogen-bond acceptors (Lipinski definition) is 4. The van der Waals surface area contributed by atoms with E-state index in [1.807, 2.05) is 24.3 Å². The minimum Gasteiger partial charge on any atom is -0.497 e. The van der Waals surface area contributed by atoms with Gasteiger partial charge in [0.05, 0.1) is 19.2 Å². The summed E-state index contributed by atoms with van der Waals surface area (Å²) in [6.45, 7) is 0. The Labute approximate surface area is 145 Å². The normalized spacial score (nSPS) is 10.2. The summed E-state index contributed by atoms with van der Waals surface area (Å²) in [4.78, 5) is 13.0. The van der Waals surface area contributed by atoms with Crippen LogP contribution in [-0.4, -0.2) is 25.9 Å². The molecular formula is C17H18ClNO3S. The van der Waals surface area contributed by atoms with Gasteiger partial charge in [-0.3, -0.25) is 4.79 Å². The number of rotatable bonds is 7. The Bertz CT molecular complexity index is 656.